The third-order valence-corrected chi connectivity index (χ3v) is 5.24. The van der Waals surface area contributed by atoms with Crippen molar-refractivity contribution in [3.8, 4) is 0 Å². The smallest absolute Gasteiger partial charge is 0.410 e. The highest BCUT2D eigenvalue weighted by Gasteiger charge is 2.44. The molecule has 164 valence electrons. The van der Waals surface area contributed by atoms with Gasteiger partial charge in [0.25, 0.3) is 5.91 Å². The topological polar surface area (TPSA) is 116 Å². The Labute approximate surface area is 175 Å². The number of nitrogens with zero attached hydrogens (tertiary/aromatic N) is 4. The summed E-state index contributed by atoms with van der Waals surface area (Å²) in [5.74, 6) is 5.92. The van der Waals surface area contributed by atoms with Crippen molar-refractivity contribution in [3.05, 3.63) is 23.9 Å². The van der Waals surface area contributed by atoms with E-state index < -0.39 is 18.3 Å². The maximum absolute atomic E-state index is 15.1. The van der Waals surface area contributed by atoms with E-state index >= 15 is 4.39 Å². The van der Waals surface area contributed by atoms with E-state index in [0.717, 1.165) is 17.9 Å². The second-order valence-corrected chi connectivity index (χ2v) is 8.05. The van der Waals surface area contributed by atoms with Gasteiger partial charge in [0.05, 0.1) is 24.3 Å². The lowest BCUT2D eigenvalue weighted by atomic mass is 10.00. The van der Waals surface area contributed by atoms with Gasteiger partial charge in [0, 0.05) is 18.8 Å². The van der Waals surface area contributed by atoms with Gasteiger partial charge < -0.3 is 14.5 Å². The molecule has 1 aliphatic carbocycles. The Bertz CT molecular complexity index is 798. The van der Waals surface area contributed by atoms with Crippen molar-refractivity contribution >= 4 is 23.7 Å². The quantitative estimate of drug-likeness (QED) is 0.327. The Morgan fingerprint density at radius 3 is 2.53 bits per heavy atom. The minimum atomic E-state index is -1.35. The largest absolute Gasteiger partial charge is 0.447 e. The first-order chi connectivity index (χ1) is 14.2. The van der Waals surface area contributed by atoms with Crippen LogP contribution in [0.25, 0.3) is 0 Å². The van der Waals surface area contributed by atoms with Crippen molar-refractivity contribution in [1.29, 1.82) is 5.41 Å². The molecule has 0 spiro atoms. The number of piperidine rings is 1. The molecule has 10 heteroatoms. The summed E-state index contributed by atoms with van der Waals surface area (Å²) in [5, 5.41) is 8.66. The van der Waals surface area contributed by atoms with Gasteiger partial charge in [-0.2, -0.15) is 0 Å². The zero-order valence-electron chi connectivity index (χ0n) is 17.5. The van der Waals surface area contributed by atoms with Crippen LogP contribution in [0.2, 0.25) is 0 Å². The van der Waals surface area contributed by atoms with Gasteiger partial charge in [-0.1, -0.05) is 0 Å². The first kappa shape index (κ1) is 21.9. The van der Waals surface area contributed by atoms with Gasteiger partial charge in [-0.3, -0.25) is 10.2 Å². The Hall–Kier alpha value is -2.75. The number of alkyl halides is 1. The summed E-state index contributed by atoms with van der Waals surface area (Å²) in [6.45, 7) is 5.27. The van der Waals surface area contributed by atoms with E-state index in [1.807, 2.05) is 0 Å². The van der Waals surface area contributed by atoms with E-state index in [2.05, 4.69) is 4.98 Å². The molecule has 1 aromatic rings. The number of nitrogens with one attached hydrogen (secondary N) is 1. The summed E-state index contributed by atoms with van der Waals surface area (Å²) >= 11 is 0. The lowest BCUT2D eigenvalue weighted by molar-refractivity contribution is 0.0153. The first-order valence-corrected chi connectivity index (χ1v) is 10.2. The molecular formula is C20H29FN6O3. The second-order valence-electron chi connectivity index (χ2n) is 8.05. The van der Waals surface area contributed by atoms with Gasteiger partial charge in [0.1, 0.15) is 17.8 Å². The molecule has 1 aromatic heterocycles. The molecule has 0 unspecified atom stereocenters. The first-order valence-electron chi connectivity index (χ1n) is 10.2. The maximum Gasteiger partial charge on any atom is 0.410 e. The molecule has 9 nitrogen and oxygen atoms in total. The van der Waals surface area contributed by atoms with Crippen molar-refractivity contribution in [2.24, 2.45) is 5.84 Å². The molecule has 0 radical (unpaired) electrons. The standard InChI is InChI=1S/C20H29FN6O3/c1-12(2)30-20(29)25-9-8-17(16(21)11-25)26(15-5-6-15)19(28)14-4-7-18(24-10-14)27(23)13(3)22/h4,7,10,12,15-17,22H,5-6,8-9,11,23H2,1-3H3/t16-,17+/m0/s1. The van der Waals surface area contributed by atoms with Crippen LogP contribution in [0.5, 0.6) is 0 Å². The molecule has 3 rings (SSSR count). The summed E-state index contributed by atoms with van der Waals surface area (Å²) in [4.78, 5) is 32.4. The van der Waals surface area contributed by atoms with Crippen molar-refractivity contribution in [3.63, 3.8) is 0 Å². The zero-order valence-corrected chi connectivity index (χ0v) is 17.5. The molecule has 3 N–H and O–H groups in total. The van der Waals surface area contributed by atoms with E-state index in [4.69, 9.17) is 16.0 Å². The van der Waals surface area contributed by atoms with Gasteiger partial charge in [0.2, 0.25) is 0 Å². The Kier molecular flexibility index (Phi) is 6.55. The molecule has 2 heterocycles. The normalized spacial score (nSPS) is 21.3. The van der Waals surface area contributed by atoms with E-state index in [1.165, 1.54) is 18.0 Å². The fraction of sp³-hybridized carbons (Fsp3) is 0.600. The van der Waals surface area contributed by atoms with Crippen LogP contribution in [-0.4, -0.2) is 70.1 Å². The number of pyridine rings is 1. The minimum absolute atomic E-state index is 0.00409. The number of rotatable bonds is 5. The lowest BCUT2D eigenvalue weighted by Gasteiger charge is -2.40. The Morgan fingerprint density at radius 1 is 1.33 bits per heavy atom. The molecule has 1 aliphatic heterocycles. The van der Waals surface area contributed by atoms with Crippen LogP contribution in [0.15, 0.2) is 18.3 Å². The monoisotopic (exact) mass is 420 g/mol. The second kappa shape index (κ2) is 8.95. The molecule has 1 saturated heterocycles. The average Bonchev–Trinajstić information content (AvgIpc) is 3.53. The highest BCUT2D eigenvalue weighted by atomic mass is 19.1. The van der Waals surface area contributed by atoms with Crippen LogP contribution >= 0.6 is 0 Å². The number of aromatic nitrogens is 1. The number of ether oxygens (including phenoxy) is 1. The van der Waals surface area contributed by atoms with Crippen molar-refractivity contribution in [1.82, 2.24) is 14.8 Å². The molecule has 2 amide bonds. The number of amidine groups is 1. The zero-order chi connectivity index (χ0) is 22.0. The van der Waals surface area contributed by atoms with Crippen molar-refractivity contribution in [2.75, 3.05) is 18.1 Å². The van der Waals surface area contributed by atoms with Crippen molar-refractivity contribution in [2.45, 2.75) is 64.4 Å². The van der Waals surface area contributed by atoms with Crippen LogP contribution in [0, 0.1) is 5.41 Å². The summed E-state index contributed by atoms with van der Waals surface area (Å²) < 4.78 is 20.2. The molecule has 2 aliphatic rings. The number of anilines is 1. The predicted molar refractivity (Wildman–Crippen MR) is 110 cm³/mol. The number of hydrogen-bond donors (Lipinski definition) is 2. The van der Waals surface area contributed by atoms with E-state index in [-0.39, 0.29) is 30.4 Å². The Morgan fingerprint density at radius 2 is 2.03 bits per heavy atom. The number of hydrogen-bond acceptors (Lipinski definition) is 6. The Balaban J connectivity index is 1.71. The van der Waals surface area contributed by atoms with Crippen LogP contribution in [0.3, 0.4) is 0 Å². The maximum atomic E-state index is 15.1. The molecule has 2 fully saturated rings. The SMILES string of the molecule is CC(=N)N(N)c1ccc(C(=O)N(C2CC2)[C@@H]2CCN(C(=O)OC(C)C)C[C@@H]2F)cn1. The van der Waals surface area contributed by atoms with Crippen molar-refractivity contribution < 1.29 is 18.7 Å². The van der Waals surface area contributed by atoms with E-state index in [0.29, 0.717) is 24.3 Å². The number of carbonyl (C=O) groups is 2. The molecule has 2 atom stereocenters. The number of carbonyl (C=O) groups excluding carboxylic acids is 2. The summed E-state index contributed by atoms with van der Waals surface area (Å²) in [7, 11) is 0. The lowest BCUT2D eigenvalue weighted by Crippen LogP contribution is -2.56. The summed E-state index contributed by atoms with van der Waals surface area (Å²) in [6, 6.07) is 2.56. The van der Waals surface area contributed by atoms with Gasteiger partial charge in [-0.05, 0) is 52.2 Å². The molecule has 0 bridgehead atoms. The van der Waals surface area contributed by atoms with E-state index in [9.17, 15) is 9.59 Å². The van der Waals surface area contributed by atoms with Crippen LogP contribution in [0.1, 0.15) is 50.4 Å². The van der Waals surface area contributed by atoms with Crippen LogP contribution in [-0.2, 0) is 4.74 Å². The third kappa shape index (κ3) is 4.86. The average molecular weight is 420 g/mol. The fourth-order valence-electron chi connectivity index (χ4n) is 3.56. The number of likely N-dealkylation sites (tertiary alicyclic amines) is 1. The number of hydrazine groups is 1. The summed E-state index contributed by atoms with van der Waals surface area (Å²) in [6.07, 6.45) is 1.28. The minimum Gasteiger partial charge on any atom is -0.447 e. The molecule has 1 saturated carbocycles. The van der Waals surface area contributed by atoms with E-state index in [1.54, 1.807) is 30.9 Å². The van der Waals surface area contributed by atoms with Gasteiger partial charge in [-0.15, -0.1) is 0 Å². The van der Waals surface area contributed by atoms with Crippen LogP contribution < -0.4 is 10.9 Å². The highest BCUT2D eigenvalue weighted by Crippen LogP contribution is 2.34. The number of amides is 2. The predicted octanol–water partition coefficient (Wildman–Crippen LogP) is 2.32. The van der Waals surface area contributed by atoms with Gasteiger partial charge >= 0.3 is 6.09 Å². The third-order valence-electron chi connectivity index (χ3n) is 5.24. The molecule has 30 heavy (non-hydrogen) atoms. The molecule has 0 aromatic carbocycles. The fourth-order valence-corrected chi connectivity index (χ4v) is 3.56. The highest BCUT2D eigenvalue weighted by molar-refractivity contribution is 5.96. The van der Waals surface area contributed by atoms with Crippen LogP contribution in [0.4, 0.5) is 15.0 Å². The number of nitrogens with two attached hydrogens (primary N) is 1. The van der Waals surface area contributed by atoms with Gasteiger partial charge in [0.15, 0.2) is 0 Å². The number of halogens is 1. The molecular weight excluding hydrogens is 391 g/mol. The van der Waals surface area contributed by atoms with Gasteiger partial charge in [-0.25, -0.2) is 25.0 Å². The summed E-state index contributed by atoms with van der Waals surface area (Å²) in [5.41, 5.74) is 0.343.